The number of nitrogens with two attached hydrogens (primary N) is 1. The molecule has 1 saturated carbocycles. The predicted octanol–water partition coefficient (Wildman–Crippen LogP) is 2.71. The van der Waals surface area contributed by atoms with Gasteiger partial charge >= 0.3 is 0 Å². The van der Waals surface area contributed by atoms with Crippen LogP contribution < -0.4 is 11.1 Å². The van der Waals surface area contributed by atoms with E-state index in [1.165, 1.54) is 25.7 Å². The third kappa shape index (κ3) is 4.40. The molecular formula is C14H20ClN3O. The molecule has 0 spiro atoms. The summed E-state index contributed by atoms with van der Waals surface area (Å²) in [6.45, 7) is 1.77. The van der Waals surface area contributed by atoms with E-state index in [-0.39, 0.29) is 5.84 Å². The topological polar surface area (TPSA) is 70.6 Å². The van der Waals surface area contributed by atoms with Gasteiger partial charge in [0.15, 0.2) is 5.84 Å². The lowest BCUT2D eigenvalue weighted by Gasteiger charge is -2.08. The van der Waals surface area contributed by atoms with Crippen molar-refractivity contribution in [2.24, 2.45) is 16.8 Å². The van der Waals surface area contributed by atoms with E-state index in [0.717, 1.165) is 24.6 Å². The molecule has 1 aliphatic carbocycles. The summed E-state index contributed by atoms with van der Waals surface area (Å²) < 4.78 is 0. The van der Waals surface area contributed by atoms with Crippen LogP contribution >= 0.6 is 11.6 Å². The van der Waals surface area contributed by atoms with E-state index in [1.54, 1.807) is 6.07 Å². The lowest BCUT2D eigenvalue weighted by Crippen LogP contribution is -2.16. The number of oxime groups is 1. The van der Waals surface area contributed by atoms with Gasteiger partial charge in [-0.1, -0.05) is 41.7 Å². The summed E-state index contributed by atoms with van der Waals surface area (Å²) in [7, 11) is 0. The fourth-order valence-corrected chi connectivity index (χ4v) is 2.30. The Morgan fingerprint density at radius 2 is 2.26 bits per heavy atom. The second-order valence-electron chi connectivity index (χ2n) is 5.05. The van der Waals surface area contributed by atoms with Gasteiger partial charge in [-0.3, -0.25) is 0 Å². The highest BCUT2D eigenvalue weighted by Crippen LogP contribution is 2.33. The first-order valence-corrected chi connectivity index (χ1v) is 7.05. The highest BCUT2D eigenvalue weighted by Gasteiger charge is 2.19. The number of benzene rings is 1. The fraction of sp³-hybridized carbons (Fsp3) is 0.500. The van der Waals surface area contributed by atoms with Crippen LogP contribution in [0.3, 0.4) is 0 Å². The monoisotopic (exact) mass is 281 g/mol. The lowest BCUT2D eigenvalue weighted by atomic mass is 10.1. The van der Waals surface area contributed by atoms with Crippen LogP contribution in [0.1, 0.15) is 36.8 Å². The number of hydrogen-bond donors (Lipinski definition) is 3. The largest absolute Gasteiger partial charge is 0.409 e. The van der Waals surface area contributed by atoms with Crippen LogP contribution in [0.15, 0.2) is 23.4 Å². The molecule has 1 aromatic carbocycles. The average Bonchev–Trinajstić information content (AvgIpc) is 3.23. The maximum absolute atomic E-state index is 8.61. The normalized spacial score (nSPS) is 15.7. The quantitative estimate of drug-likeness (QED) is 0.237. The second-order valence-corrected chi connectivity index (χ2v) is 5.46. The molecule has 5 heteroatoms. The van der Waals surface area contributed by atoms with E-state index in [2.05, 4.69) is 10.5 Å². The van der Waals surface area contributed by atoms with Crippen molar-refractivity contribution in [1.82, 2.24) is 5.32 Å². The van der Waals surface area contributed by atoms with Gasteiger partial charge in [0.05, 0.1) is 0 Å². The Labute approximate surface area is 118 Å². The first-order chi connectivity index (χ1) is 9.20. The standard InChI is InChI=1S/C14H20ClN3O/c15-13-8-11(14(16)18-19)5-6-12(13)9-17-7-1-2-10-3-4-10/h5-6,8,10,17,19H,1-4,7,9H2,(H2,16,18). The molecule has 0 aliphatic heterocycles. The Kier molecular flexibility index (Phi) is 5.05. The smallest absolute Gasteiger partial charge is 0.170 e. The second kappa shape index (κ2) is 6.78. The molecule has 1 aliphatic rings. The number of nitrogens with zero attached hydrogens (tertiary/aromatic N) is 1. The van der Waals surface area contributed by atoms with E-state index in [9.17, 15) is 0 Å². The molecule has 2 rings (SSSR count). The summed E-state index contributed by atoms with van der Waals surface area (Å²) >= 11 is 6.17. The molecule has 0 bridgehead atoms. The number of amidine groups is 1. The molecule has 0 radical (unpaired) electrons. The van der Waals surface area contributed by atoms with Crippen molar-refractivity contribution in [1.29, 1.82) is 0 Å². The molecule has 0 amide bonds. The van der Waals surface area contributed by atoms with Gasteiger partial charge in [0.1, 0.15) is 0 Å². The fourth-order valence-electron chi connectivity index (χ4n) is 2.05. The molecule has 0 atom stereocenters. The van der Waals surface area contributed by atoms with Crippen molar-refractivity contribution >= 4 is 17.4 Å². The number of nitrogens with one attached hydrogen (secondary N) is 1. The van der Waals surface area contributed by atoms with E-state index >= 15 is 0 Å². The van der Waals surface area contributed by atoms with E-state index < -0.39 is 0 Å². The maximum Gasteiger partial charge on any atom is 0.170 e. The van der Waals surface area contributed by atoms with Crippen molar-refractivity contribution < 1.29 is 5.21 Å². The van der Waals surface area contributed by atoms with Gasteiger partial charge in [0, 0.05) is 17.1 Å². The molecule has 4 N–H and O–H groups in total. The molecular weight excluding hydrogens is 262 g/mol. The zero-order valence-electron chi connectivity index (χ0n) is 10.9. The molecule has 0 aromatic heterocycles. The molecule has 1 fully saturated rings. The zero-order valence-corrected chi connectivity index (χ0v) is 11.7. The summed E-state index contributed by atoms with van der Waals surface area (Å²) in [5.41, 5.74) is 7.17. The summed E-state index contributed by atoms with van der Waals surface area (Å²) in [4.78, 5) is 0. The van der Waals surface area contributed by atoms with Crippen LogP contribution in [0.25, 0.3) is 0 Å². The summed E-state index contributed by atoms with van der Waals surface area (Å²) in [5.74, 6) is 1.07. The minimum absolute atomic E-state index is 0.0749. The van der Waals surface area contributed by atoms with Crippen LogP contribution in [0.4, 0.5) is 0 Å². The Balaban J connectivity index is 1.79. The molecule has 19 heavy (non-hydrogen) atoms. The Morgan fingerprint density at radius 1 is 1.47 bits per heavy atom. The van der Waals surface area contributed by atoms with Gasteiger partial charge in [0.25, 0.3) is 0 Å². The van der Waals surface area contributed by atoms with Crippen LogP contribution in [0.5, 0.6) is 0 Å². The van der Waals surface area contributed by atoms with Gasteiger partial charge in [-0.15, -0.1) is 0 Å². The Hall–Kier alpha value is -1.26. The number of rotatable bonds is 7. The predicted molar refractivity (Wildman–Crippen MR) is 77.6 cm³/mol. The average molecular weight is 282 g/mol. The van der Waals surface area contributed by atoms with Crippen molar-refractivity contribution in [3.8, 4) is 0 Å². The van der Waals surface area contributed by atoms with Crippen molar-refractivity contribution in [3.63, 3.8) is 0 Å². The van der Waals surface area contributed by atoms with E-state index in [1.807, 2.05) is 12.1 Å². The Morgan fingerprint density at radius 3 is 2.89 bits per heavy atom. The first kappa shape index (κ1) is 14.2. The van der Waals surface area contributed by atoms with Gasteiger partial charge in [-0.2, -0.15) is 0 Å². The van der Waals surface area contributed by atoms with Crippen LogP contribution in [0, 0.1) is 5.92 Å². The van der Waals surface area contributed by atoms with Crippen molar-refractivity contribution in [2.75, 3.05) is 6.54 Å². The van der Waals surface area contributed by atoms with Crippen LogP contribution in [-0.2, 0) is 6.54 Å². The van der Waals surface area contributed by atoms with E-state index in [0.29, 0.717) is 10.6 Å². The minimum atomic E-state index is 0.0749. The maximum atomic E-state index is 8.61. The highest BCUT2D eigenvalue weighted by atomic mass is 35.5. The molecule has 1 aromatic rings. The molecule has 104 valence electrons. The van der Waals surface area contributed by atoms with E-state index in [4.69, 9.17) is 22.5 Å². The van der Waals surface area contributed by atoms with Gasteiger partial charge < -0.3 is 16.3 Å². The molecule has 0 saturated heterocycles. The Bertz CT molecular complexity index is 458. The van der Waals surface area contributed by atoms with Gasteiger partial charge in [-0.05, 0) is 36.9 Å². The summed E-state index contributed by atoms with van der Waals surface area (Å²) in [6, 6.07) is 5.43. The molecule has 0 unspecified atom stereocenters. The third-order valence-corrected chi connectivity index (χ3v) is 3.79. The molecule has 0 heterocycles. The van der Waals surface area contributed by atoms with Crippen molar-refractivity contribution in [2.45, 2.75) is 32.2 Å². The van der Waals surface area contributed by atoms with Gasteiger partial charge in [0.2, 0.25) is 0 Å². The van der Waals surface area contributed by atoms with Crippen molar-refractivity contribution in [3.05, 3.63) is 34.3 Å². The minimum Gasteiger partial charge on any atom is -0.409 e. The molecule has 4 nitrogen and oxygen atoms in total. The van der Waals surface area contributed by atoms with Gasteiger partial charge in [-0.25, -0.2) is 0 Å². The SMILES string of the molecule is N/C(=N/O)c1ccc(CNCCCC2CC2)c(Cl)c1. The van der Waals surface area contributed by atoms with Crippen LogP contribution in [-0.4, -0.2) is 17.6 Å². The first-order valence-electron chi connectivity index (χ1n) is 6.67. The lowest BCUT2D eigenvalue weighted by molar-refractivity contribution is 0.318. The number of halogens is 1. The van der Waals surface area contributed by atoms with Crippen LogP contribution in [0.2, 0.25) is 5.02 Å². The zero-order chi connectivity index (χ0) is 13.7. The summed E-state index contributed by atoms with van der Waals surface area (Å²) in [6.07, 6.45) is 5.40. The number of hydrogen-bond acceptors (Lipinski definition) is 3. The highest BCUT2D eigenvalue weighted by molar-refractivity contribution is 6.31. The third-order valence-electron chi connectivity index (χ3n) is 3.43. The summed E-state index contributed by atoms with van der Waals surface area (Å²) in [5, 5.41) is 15.6.